The van der Waals surface area contributed by atoms with E-state index in [4.69, 9.17) is 0 Å². The molecule has 1 N–H and O–H groups in total. The average molecular weight is 500 g/mol. The topological polar surface area (TPSA) is 52.5 Å². The fraction of sp³-hybridized carbons (Fsp3) is 0.462. The highest BCUT2D eigenvalue weighted by Crippen LogP contribution is 2.32. The molecule has 0 spiro atoms. The number of likely N-dealkylation sites (tertiary alicyclic amines) is 1. The Morgan fingerprint density at radius 1 is 0.944 bits per heavy atom. The fourth-order valence-corrected chi connectivity index (χ4v) is 5.37. The standard InChI is InChI=1S/C26H32F3N7/c1-17-10-23(31-26-30-16-36(32-26)22-13-19(27)12-20(28)14-22)25(29)24(11-17)34-8-9-35(18(2)15-34)21-4-6-33(3)7-5-21/h10-14,16,18,21H,4-9,15H2,1-3H3,(H,31,32). The minimum atomic E-state index is -0.713. The van der Waals surface area contributed by atoms with Crippen molar-refractivity contribution in [1.29, 1.82) is 0 Å². The molecule has 2 fully saturated rings. The van der Waals surface area contributed by atoms with Crippen molar-refractivity contribution in [1.82, 2.24) is 24.6 Å². The molecule has 0 saturated carbocycles. The number of aromatic nitrogens is 3. The van der Waals surface area contributed by atoms with Crippen LogP contribution in [0.5, 0.6) is 0 Å². The first kappa shape index (κ1) is 24.6. The summed E-state index contributed by atoms with van der Waals surface area (Å²) < 4.78 is 44.1. The van der Waals surface area contributed by atoms with Gasteiger partial charge in [0.05, 0.1) is 17.1 Å². The Morgan fingerprint density at radius 3 is 2.36 bits per heavy atom. The molecule has 0 amide bonds. The molecular formula is C26H32F3N7. The molecule has 36 heavy (non-hydrogen) atoms. The lowest BCUT2D eigenvalue weighted by Crippen LogP contribution is -2.57. The van der Waals surface area contributed by atoms with Crippen LogP contribution in [0.25, 0.3) is 5.69 Å². The van der Waals surface area contributed by atoms with Crippen molar-refractivity contribution in [3.05, 3.63) is 59.7 Å². The first-order valence-corrected chi connectivity index (χ1v) is 12.4. The largest absolute Gasteiger partial charge is 0.366 e. The number of anilines is 3. The third-order valence-electron chi connectivity index (χ3n) is 7.22. The van der Waals surface area contributed by atoms with E-state index in [9.17, 15) is 8.78 Å². The zero-order valence-corrected chi connectivity index (χ0v) is 20.9. The fourth-order valence-electron chi connectivity index (χ4n) is 5.37. The second-order valence-electron chi connectivity index (χ2n) is 9.98. The number of halogens is 3. The minimum Gasteiger partial charge on any atom is -0.366 e. The maximum atomic E-state index is 15.7. The molecule has 7 nitrogen and oxygen atoms in total. The number of nitrogens with one attached hydrogen (secondary N) is 1. The molecule has 3 heterocycles. The van der Waals surface area contributed by atoms with Gasteiger partial charge in [-0.25, -0.2) is 17.9 Å². The van der Waals surface area contributed by atoms with Crippen molar-refractivity contribution in [3.63, 3.8) is 0 Å². The third-order valence-corrected chi connectivity index (χ3v) is 7.22. The van der Waals surface area contributed by atoms with E-state index in [0.29, 0.717) is 17.8 Å². The van der Waals surface area contributed by atoms with Crippen LogP contribution >= 0.6 is 0 Å². The normalized spacial score (nSPS) is 20.2. The molecule has 192 valence electrons. The van der Waals surface area contributed by atoms with Crippen LogP contribution in [0.4, 0.5) is 30.5 Å². The summed E-state index contributed by atoms with van der Waals surface area (Å²) in [5.41, 5.74) is 1.92. The van der Waals surface area contributed by atoms with Crippen LogP contribution in [-0.2, 0) is 0 Å². The maximum Gasteiger partial charge on any atom is 0.247 e. The zero-order valence-electron chi connectivity index (χ0n) is 20.9. The first-order valence-electron chi connectivity index (χ1n) is 12.4. The maximum absolute atomic E-state index is 15.7. The molecule has 1 unspecified atom stereocenters. The van der Waals surface area contributed by atoms with Crippen LogP contribution in [0.1, 0.15) is 25.3 Å². The summed E-state index contributed by atoms with van der Waals surface area (Å²) in [5.74, 6) is -1.66. The Labute approximate surface area is 209 Å². The summed E-state index contributed by atoms with van der Waals surface area (Å²) in [6, 6.07) is 7.59. The molecule has 2 aliphatic rings. The quantitative estimate of drug-likeness (QED) is 0.564. The van der Waals surface area contributed by atoms with Gasteiger partial charge >= 0.3 is 0 Å². The van der Waals surface area contributed by atoms with Gasteiger partial charge < -0.3 is 15.1 Å². The van der Waals surface area contributed by atoms with Crippen molar-refractivity contribution in [2.75, 3.05) is 50.0 Å². The highest BCUT2D eigenvalue weighted by Gasteiger charge is 2.32. The number of piperidine rings is 1. The summed E-state index contributed by atoms with van der Waals surface area (Å²) in [6.45, 7) is 8.81. The number of hydrogen-bond donors (Lipinski definition) is 1. The van der Waals surface area contributed by atoms with Gasteiger partial charge in [0.2, 0.25) is 5.95 Å². The monoisotopic (exact) mass is 499 g/mol. The number of benzene rings is 2. The van der Waals surface area contributed by atoms with Gasteiger partial charge in [0.15, 0.2) is 5.82 Å². The van der Waals surface area contributed by atoms with Crippen LogP contribution in [0.15, 0.2) is 36.7 Å². The molecule has 2 aliphatic heterocycles. The molecule has 3 aromatic rings. The number of aryl methyl sites for hydroxylation is 1. The smallest absolute Gasteiger partial charge is 0.247 e. The zero-order chi connectivity index (χ0) is 25.4. The Bertz CT molecular complexity index is 1200. The van der Waals surface area contributed by atoms with Gasteiger partial charge in [0, 0.05) is 37.8 Å². The number of nitrogens with zero attached hydrogens (tertiary/aromatic N) is 6. The van der Waals surface area contributed by atoms with Crippen LogP contribution in [0.2, 0.25) is 0 Å². The number of piperazine rings is 1. The Hall–Kier alpha value is -3.11. The van der Waals surface area contributed by atoms with Crippen molar-refractivity contribution in [3.8, 4) is 5.69 Å². The molecule has 1 atom stereocenters. The van der Waals surface area contributed by atoms with Crippen molar-refractivity contribution in [2.45, 2.75) is 38.8 Å². The highest BCUT2D eigenvalue weighted by molar-refractivity contribution is 5.65. The van der Waals surface area contributed by atoms with Crippen LogP contribution in [0, 0.1) is 24.4 Å². The Kier molecular flexibility index (Phi) is 6.90. The van der Waals surface area contributed by atoms with E-state index < -0.39 is 11.6 Å². The SMILES string of the molecule is Cc1cc(Nc2ncn(-c3cc(F)cc(F)c3)n2)c(F)c(N2CCN(C3CCN(C)CC3)C(C)C2)c1. The molecule has 2 aromatic carbocycles. The summed E-state index contributed by atoms with van der Waals surface area (Å²) in [5, 5.41) is 7.16. The van der Waals surface area contributed by atoms with Crippen LogP contribution < -0.4 is 10.2 Å². The predicted molar refractivity (Wildman–Crippen MR) is 135 cm³/mol. The summed E-state index contributed by atoms with van der Waals surface area (Å²) in [7, 11) is 2.17. The van der Waals surface area contributed by atoms with Gasteiger partial charge in [-0.2, -0.15) is 4.98 Å². The second kappa shape index (κ2) is 10.1. The van der Waals surface area contributed by atoms with Crippen LogP contribution in [0.3, 0.4) is 0 Å². The summed E-state index contributed by atoms with van der Waals surface area (Å²) >= 11 is 0. The van der Waals surface area contributed by atoms with E-state index in [1.165, 1.54) is 23.9 Å². The minimum absolute atomic E-state index is 0.135. The first-order chi connectivity index (χ1) is 17.3. The molecule has 0 radical (unpaired) electrons. The van der Waals surface area contributed by atoms with Gasteiger partial charge in [0.1, 0.15) is 18.0 Å². The third kappa shape index (κ3) is 5.19. The van der Waals surface area contributed by atoms with Crippen molar-refractivity contribution in [2.24, 2.45) is 0 Å². The number of rotatable bonds is 5. The molecule has 2 saturated heterocycles. The van der Waals surface area contributed by atoms with E-state index >= 15 is 4.39 Å². The molecule has 0 aliphatic carbocycles. The van der Waals surface area contributed by atoms with Gasteiger partial charge in [-0.05, 0) is 76.7 Å². The highest BCUT2D eigenvalue weighted by atomic mass is 19.1. The Morgan fingerprint density at radius 2 is 1.67 bits per heavy atom. The number of hydrogen-bond acceptors (Lipinski definition) is 6. The van der Waals surface area contributed by atoms with Gasteiger partial charge in [0.25, 0.3) is 0 Å². The van der Waals surface area contributed by atoms with E-state index in [1.54, 1.807) is 6.07 Å². The van der Waals surface area contributed by atoms with Gasteiger partial charge in [-0.3, -0.25) is 4.90 Å². The predicted octanol–water partition coefficient (Wildman–Crippen LogP) is 4.34. The van der Waals surface area contributed by atoms with Gasteiger partial charge in [-0.15, -0.1) is 5.10 Å². The second-order valence-corrected chi connectivity index (χ2v) is 9.98. The van der Waals surface area contributed by atoms with E-state index in [2.05, 4.69) is 44.1 Å². The molecular weight excluding hydrogens is 467 g/mol. The molecule has 1 aromatic heterocycles. The van der Waals surface area contributed by atoms with Crippen molar-refractivity contribution >= 4 is 17.3 Å². The van der Waals surface area contributed by atoms with Gasteiger partial charge in [-0.1, -0.05) is 0 Å². The lowest BCUT2D eigenvalue weighted by atomic mass is 10.00. The molecule has 0 bridgehead atoms. The lowest BCUT2D eigenvalue weighted by molar-refractivity contribution is 0.0792. The van der Waals surface area contributed by atoms with E-state index in [-0.39, 0.29) is 23.1 Å². The Balaban J connectivity index is 1.31. The lowest BCUT2D eigenvalue weighted by Gasteiger charge is -2.46. The van der Waals surface area contributed by atoms with Crippen LogP contribution in [-0.4, -0.2) is 76.4 Å². The summed E-state index contributed by atoms with van der Waals surface area (Å²) in [4.78, 5) is 11.2. The van der Waals surface area contributed by atoms with Crippen molar-refractivity contribution < 1.29 is 13.2 Å². The summed E-state index contributed by atoms with van der Waals surface area (Å²) in [6.07, 6.45) is 3.68. The average Bonchev–Trinajstić information content (AvgIpc) is 3.30. The molecule has 5 rings (SSSR count). The van der Waals surface area contributed by atoms with E-state index in [1.807, 2.05) is 13.0 Å². The van der Waals surface area contributed by atoms with E-state index in [0.717, 1.165) is 56.5 Å². The molecule has 10 heteroatoms.